The Bertz CT molecular complexity index is 745. The van der Waals surface area contributed by atoms with E-state index in [1.165, 1.54) is 0 Å². The second kappa shape index (κ2) is 8.51. The summed E-state index contributed by atoms with van der Waals surface area (Å²) in [6.07, 6.45) is 7.58. The molecule has 1 saturated heterocycles. The third kappa shape index (κ3) is 4.41. The van der Waals surface area contributed by atoms with E-state index in [2.05, 4.69) is 10.3 Å². The molecule has 138 valence electrons. The van der Waals surface area contributed by atoms with E-state index >= 15 is 0 Å². The Labute approximate surface area is 153 Å². The molecule has 3 rings (SSSR count). The molecule has 0 radical (unpaired) electrons. The number of imidazole rings is 1. The van der Waals surface area contributed by atoms with Gasteiger partial charge in [0.05, 0.1) is 19.4 Å². The Morgan fingerprint density at radius 3 is 3.04 bits per heavy atom. The fourth-order valence-corrected chi connectivity index (χ4v) is 3.11. The van der Waals surface area contributed by atoms with Gasteiger partial charge in [0.1, 0.15) is 5.75 Å². The van der Waals surface area contributed by atoms with Crippen molar-refractivity contribution in [2.75, 3.05) is 25.1 Å². The van der Waals surface area contributed by atoms with Crippen LogP contribution in [0.2, 0.25) is 0 Å². The highest BCUT2D eigenvalue weighted by Gasteiger charge is 2.35. The Balaban J connectivity index is 1.44. The second-order valence-electron chi connectivity index (χ2n) is 6.41. The number of nitrogens with zero attached hydrogens (tertiary/aromatic N) is 3. The maximum Gasteiger partial charge on any atom is 0.227 e. The van der Waals surface area contributed by atoms with Crippen molar-refractivity contribution in [1.82, 2.24) is 14.9 Å². The van der Waals surface area contributed by atoms with Crippen LogP contribution in [0.5, 0.6) is 5.75 Å². The van der Waals surface area contributed by atoms with Crippen molar-refractivity contribution < 1.29 is 14.3 Å². The monoisotopic (exact) mass is 356 g/mol. The maximum atomic E-state index is 12.4. The van der Waals surface area contributed by atoms with Crippen molar-refractivity contribution in [3.63, 3.8) is 0 Å². The number of unbranched alkanes of at least 4 members (excludes halogenated alkanes) is 1. The number of aromatic nitrogens is 2. The third-order valence-electron chi connectivity index (χ3n) is 4.56. The number of anilines is 1. The Morgan fingerprint density at radius 2 is 2.27 bits per heavy atom. The third-order valence-corrected chi connectivity index (χ3v) is 4.56. The topological polar surface area (TPSA) is 76.5 Å². The summed E-state index contributed by atoms with van der Waals surface area (Å²) in [6, 6.07) is 7.35. The van der Waals surface area contributed by atoms with E-state index in [1.807, 2.05) is 35.0 Å². The maximum absolute atomic E-state index is 12.4. The molecule has 0 bridgehead atoms. The minimum absolute atomic E-state index is 0.0292. The predicted octanol–water partition coefficient (Wildman–Crippen LogP) is 1.84. The highest BCUT2D eigenvalue weighted by molar-refractivity contribution is 6.00. The summed E-state index contributed by atoms with van der Waals surface area (Å²) in [5.41, 5.74) is 0.769. The lowest BCUT2D eigenvalue weighted by molar-refractivity contribution is -0.126. The molecule has 7 nitrogen and oxygen atoms in total. The number of nitrogens with one attached hydrogen (secondary N) is 1. The first-order valence-electron chi connectivity index (χ1n) is 8.85. The number of carbonyl (C=O) groups excluding carboxylic acids is 2. The first-order chi connectivity index (χ1) is 12.7. The lowest BCUT2D eigenvalue weighted by atomic mass is 10.1. The van der Waals surface area contributed by atoms with Crippen LogP contribution in [-0.4, -0.2) is 41.6 Å². The van der Waals surface area contributed by atoms with Crippen LogP contribution < -0.4 is 15.0 Å². The van der Waals surface area contributed by atoms with Crippen molar-refractivity contribution in [3.05, 3.63) is 43.0 Å². The molecule has 2 aromatic rings. The van der Waals surface area contributed by atoms with Crippen molar-refractivity contribution in [1.29, 1.82) is 0 Å². The van der Waals surface area contributed by atoms with Gasteiger partial charge >= 0.3 is 0 Å². The van der Waals surface area contributed by atoms with Crippen LogP contribution in [0.15, 0.2) is 43.0 Å². The van der Waals surface area contributed by atoms with Crippen LogP contribution in [0.1, 0.15) is 19.3 Å². The molecule has 1 aliphatic heterocycles. The smallest absolute Gasteiger partial charge is 0.227 e. The highest BCUT2D eigenvalue weighted by atomic mass is 16.5. The molecular formula is C19H24N4O3. The number of methoxy groups -OCH3 is 1. The number of aryl methyl sites for hydroxylation is 1. The van der Waals surface area contributed by atoms with E-state index in [9.17, 15) is 9.59 Å². The molecule has 1 fully saturated rings. The van der Waals surface area contributed by atoms with E-state index in [0.29, 0.717) is 18.8 Å². The van der Waals surface area contributed by atoms with Gasteiger partial charge in [-0.25, -0.2) is 4.98 Å². The lowest BCUT2D eigenvalue weighted by Crippen LogP contribution is -2.33. The van der Waals surface area contributed by atoms with Gasteiger partial charge in [0, 0.05) is 50.2 Å². The summed E-state index contributed by atoms with van der Waals surface area (Å²) in [4.78, 5) is 30.3. The normalized spacial score (nSPS) is 16.7. The largest absolute Gasteiger partial charge is 0.497 e. The molecule has 1 unspecified atom stereocenters. The van der Waals surface area contributed by atoms with Gasteiger partial charge in [0.2, 0.25) is 11.8 Å². The molecule has 1 atom stereocenters. The van der Waals surface area contributed by atoms with Crippen LogP contribution in [0.4, 0.5) is 5.69 Å². The molecule has 2 heterocycles. The van der Waals surface area contributed by atoms with Gasteiger partial charge in [-0.05, 0) is 25.0 Å². The predicted molar refractivity (Wildman–Crippen MR) is 97.9 cm³/mol. The SMILES string of the molecule is COc1cccc(N2CC(C(=O)NCCCCn3ccnc3)CC2=O)c1. The van der Waals surface area contributed by atoms with Gasteiger partial charge in [0.15, 0.2) is 0 Å². The molecule has 1 aliphatic rings. The number of carbonyl (C=O) groups is 2. The van der Waals surface area contributed by atoms with Crippen LogP contribution in [0, 0.1) is 5.92 Å². The highest BCUT2D eigenvalue weighted by Crippen LogP contribution is 2.27. The zero-order valence-corrected chi connectivity index (χ0v) is 14.9. The van der Waals surface area contributed by atoms with Crippen molar-refractivity contribution in [2.45, 2.75) is 25.8 Å². The van der Waals surface area contributed by atoms with Gasteiger partial charge in [-0.2, -0.15) is 0 Å². The van der Waals surface area contributed by atoms with Crippen LogP contribution in [0.3, 0.4) is 0 Å². The average Bonchev–Trinajstić information content (AvgIpc) is 3.31. The molecule has 0 spiro atoms. The van der Waals surface area contributed by atoms with Crippen molar-refractivity contribution in [3.8, 4) is 5.75 Å². The zero-order valence-electron chi connectivity index (χ0n) is 14.9. The van der Waals surface area contributed by atoms with Crippen LogP contribution in [0.25, 0.3) is 0 Å². The first kappa shape index (κ1) is 18.0. The summed E-state index contributed by atoms with van der Waals surface area (Å²) in [5.74, 6) is 0.313. The van der Waals surface area contributed by atoms with Crippen LogP contribution >= 0.6 is 0 Å². The molecule has 7 heteroatoms. The molecule has 2 amide bonds. The van der Waals surface area contributed by atoms with Crippen LogP contribution in [-0.2, 0) is 16.1 Å². The Kier molecular flexibility index (Phi) is 5.88. The molecule has 26 heavy (non-hydrogen) atoms. The first-order valence-corrected chi connectivity index (χ1v) is 8.85. The summed E-state index contributed by atoms with van der Waals surface area (Å²) < 4.78 is 7.22. The fraction of sp³-hybridized carbons (Fsp3) is 0.421. The quantitative estimate of drug-likeness (QED) is 0.732. The van der Waals surface area contributed by atoms with E-state index < -0.39 is 0 Å². The number of amides is 2. The van der Waals surface area contributed by atoms with E-state index in [4.69, 9.17) is 4.74 Å². The lowest BCUT2D eigenvalue weighted by Gasteiger charge is -2.17. The van der Waals surface area contributed by atoms with E-state index in [0.717, 1.165) is 25.1 Å². The molecule has 0 aliphatic carbocycles. The van der Waals surface area contributed by atoms with Crippen molar-refractivity contribution in [2.24, 2.45) is 5.92 Å². The summed E-state index contributed by atoms with van der Waals surface area (Å²) in [7, 11) is 1.59. The van der Waals surface area contributed by atoms with Gasteiger partial charge in [-0.3, -0.25) is 9.59 Å². The molecule has 1 aromatic carbocycles. The van der Waals surface area contributed by atoms with Gasteiger partial charge in [-0.1, -0.05) is 6.07 Å². The van der Waals surface area contributed by atoms with Crippen molar-refractivity contribution >= 4 is 17.5 Å². The van der Waals surface area contributed by atoms with Gasteiger partial charge in [0.25, 0.3) is 0 Å². The molecular weight excluding hydrogens is 332 g/mol. The summed E-state index contributed by atoms with van der Waals surface area (Å²) >= 11 is 0. The number of hydrogen-bond acceptors (Lipinski definition) is 4. The minimum atomic E-state index is -0.303. The molecule has 1 aromatic heterocycles. The standard InChI is InChI=1S/C19H24N4O3/c1-26-17-6-4-5-16(12-17)23-13-15(11-18(23)24)19(25)21-7-2-3-9-22-10-8-20-14-22/h4-6,8,10,12,14-15H,2-3,7,9,11,13H2,1H3,(H,21,25). The van der Waals surface area contributed by atoms with E-state index in [1.54, 1.807) is 24.5 Å². The summed E-state index contributed by atoms with van der Waals surface area (Å²) in [6.45, 7) is 1.92. The minimum Gasteiger partial charge on any atom is -0.497 e. The number of benzene rings is 1. The number of hydrogen-bond donors (Lipinski definition) is 1. The Hall–Kier alpha value is -2.83. The summed E-state index contributed by atoms with van der Waals surface area (Å²) in [5, 5.41) is 2.95. The number of rotatable bonds is 8. The van der Waals surface area contributed by atoms with Gasteiger partial charge < -0.3 is 19.5 Å². The van der Waals surface area contributed by atoms with Gasteiger partial charge in [-0.15, -0.1) is 0 Å². The zero-order chi connectivity index (χ0) is 18.4. The molecule has 0 saturated carbocycles. The number of ether oxygens (including phenoxy) is 1. The van der Waals surface area contributed by atoms with E-state index in [-0.39, 0.29) is 24.2 Å². The molecule has 1 N–H and O–H groups in total. The second-order valence-corrected chi connectivity index (χ2v) is 6.41. The Morgan fingerprint density at radius 1 is 1.38 bits per heavy atom. The fourth-order valence-electron chi connectivity index (χ4n) is 3.11. The average molecular weight is 356 g/mol.